The lowest BCUT2D eigenvalue weighted by atomic mass is 9.80. The SMILES string of the molecule is O=C(c1cc(Cl)cc(C(F)(F)F)c1)N(CCc1cccc(C(F)(F)F)c1)Cc1ccc(C2CCC2)cc1. The molecule has 4 rings (SSSR count). The Kier molecular flexibility index (Phi) is 7.88. The Labute approximate surface area is 215 Å². The zero-order valence-electron chi connectivity index (χ0n) is 19.7. The highest BCUT2D eigenvalue weighted by atomic mass is 35.5. The number of amides is 1. The van der Waals surface area contributed by atoms with E-state index in [1.807, 2.05) is 24.3 Å². The zero-order chi connectivity index (χ0) is 26.8. The molecule has 1 aliphatic rings. The smallest absolute Gasteiger partial charge is 0.334 e. The van der Waals surface area contributed by atoms with Gasteiger partial charge in [0.25, 0.3) is 5.91 Å². The molecule has 3 aromatic rings. The molecule has 0 aliphatic heterocycles. The van der Waals surface area contributed by atoms with Crippen molar-refractivity contribution in [1.82, 2.24) is 4.90 Å². The van der Waals surface area contributed by atoms with Crippen molar-refractivity contribution in [2.45, 2.75) is 50.5 Å². The molecule has 0 atom stereocenters. The molecule has 3 aromatic carbocycles. The molecule has 0 bridgehead atoms. The Morgan fingerprint density at radius 2 is 1.51 bits per heavy atom. The number of rotatable bonds is 7. The van der Waals surface area contributed by atoms with Crippen molar-refractivity contribution in [3.05, 3.63) is 105 Å². The Bertz CT molecular complexity index is 1250. The summed E-state index contributed by atoms with van der Waals surface area (Å²) >= 11 is 5.89. The lowest BCUT2D eigenvalue weighted by Gasteiger charge is -2.27. The summed E-state index contributed by atoms with van der Waals surface area (Å²) in [6.45, 7) is 0.0784. The van der Waals surface area contributed by atoms with Crippen LogP contribution in [0.1, 0.15) is 63.4 Å². The van der Waals surface area contributed by atoms with Crippen LogP contribution in [0, 0.1) is 0 Å². The summed E-state index contributed by atoms with van der Waals surface area (Å²) in [5.74, 6) is -0.178. The van der Waals surface area contributed by atoms with Crippen molar-refractivity contribution in [2.24, 2.45) is 0 Å². The van der Waals surface area contributed by atoms with Crippen molar-refractivity contribution in [3.8, 4) is 0 Å². The maximum absolute atomic E-state index is 13.4. The molecule has 1 aliphatic carbocycles. The number of halogens is 7. The molecular weight excluding hydrogens is 516 g/mol. The number of carbonyl (C=O) groups excluding carboxylic acids is 1. The number of benzene rings is 3. The highest BCUT2D eigenvalue weighted by Gasteiger charge is 2.33. The van der Waals surface area contributed by atoms with Crippen LogP contribution < -0.4 is 0 Å². The van der Waals surface area contributed by atoms with Gasteiger partial charge in [0.2, 0.25) is 0 Å². The van der Waals surface area contributed by atoms with Gasteiger partial charge in [0, 0.05) is 23.7 Å². The lowest BCUT2D eigenvalue weighted by Crippen LogP contribution is -2.33. The summed E-state index contributed by atoms with van der Waals surface area (Å²) in [5.41, 5.74) is 0.218. The predicted octanol–water partition coefficient (Wildman–Crippen LogP) is 8.53. The molecule has 0 unspecified atom stereocenters. The predicted molar refractivity (Wildman–Crippen MR) is 129 cm³/mol. The number of nitrogens with zero attached hydrogens (tertiary/aromatic N) is 1. The van der Waals surface area contributed by atoms with Crippen LogP contribution in [0.2, 0.25) is 5.02 Å². The topological polar surface area (TPSA) is 20.3 Å². The molecule has 1 saturated carbocycles. The van der Waals surface area contributed by atoms with E-state index in [-0.39, 0.29) is 30.1 Å². The first-order valence-electron chi connectivity index (χ1n) is 11.8. The highest BCUT2D eigenvalue weighted by molar-refractivity contribution is 6.31. The van der Waals surface area contributed by atoms with E-state index in [1.165, 1.54) is 29.0 Å². The quantitative estimate of drug-likeness (QED) is 0.275. The normalized spacial score (nSPS) is 14.4. The molecular formula is C28H24ClF6NO. The number of hydrogen-bond donors (Lipinski definition) is 0. The van der Waals surface area contributed by atoms with Crippen molar-refractivity contribution in [3.63, 3.8) is 0 Å². The molecule has 0 aromatic heterocycles. The van der Waals surface area contributed by atoms with Gasteiger partial charge < -0.3 is 4.90 Å². The molecule has 9 heteroatoms. The van der Waals surface area contributed by atoms with Gasteiger partial charge >= 0.3 is 12.4 Å². The van der Waals surface area contributed by atoms with E-state index in [1.54, 1.807) is 0 Å². The Balaban J connectivity index is 1.59. The maximum Gasteiger partial charge on any atom is 0.416 e. The Morgan fingerprint density at radius 3 is 2.11 bits per heavy atom. The minimum absolute atomic E-state index is 0.00160. The second-order valence-corrected chi connectivity index (χ2v) is 9.71. The Hall–Kier alpha value is -3.00. The number of alkyl halides is 6. The average molecular weight is 540 g/mol. The zero-order valence-corrected chi connectivity index (χ0v) is 20.4. The molecule has 0 heterocycles. The first-order chi connectivity index (χ1) is 17.4. The summed E-state index contributed by atoms with van der Waals surface area (Å²) in [7, 11) is 0. The van der Waals surface area contributed by atoms with E-state index in [2.05, 4.69) is 0 Å². The van der Waals surface area contributed by atoms with Crippen LogP contribution in [0.4, 0.5) is 26.3 Å². The van der Waals surface area contributed by atoms with Gasteiger partial charge in [-0.05, 0) is 66.1 Å². The summed E-state index contributed by atoms with van der Waals surface area (Å²) in [6.07, 6.45) is -5.69. The van der Waals surface area contributed by atoms with Gasteiger partial charge in [-0.3, -0.25) is 4.79 Å². The maximum atomic E-state index is 13.4. The second kappa shape index (κ2) is 10.8. The van der Waals surface area contributed by atoms with Gasteiger partial charge in [-0.1, -0.05) is 60.5 Å². The molecule has 196 valence electrons. The van der Waals surface area contributed by atoms with E-state index in [4.69, 9.17) is 11.6 Å². The van der Waals surface area contributed by atoms with Crippen LogP contribution in [0.5, 0.6) is 0 Å². The fraction of sp³-hybridized carbons (Fsp3) is 0.321. The van der Waals surface area contributed by atoms with E-state index in [9.17, 15) is 31.1 Å². The minimum atomic E-state index is -4.69. The lowest BCUT2D eigenvalue weighted by molar-refractivity contribution is -0.138. The average Bonchev–Trinajstić information content (AvgIpc) is 2.80. The van der Waals surface area contributed by atoms with Crippen LogP contribution in [0.3, 0.4) is 0 Å². The molecule has 1 fully saturated rings. The molecule has 0 N–H and O–H groups in total. The van der Waals surface area contributed by atoms with E-state index in [0.717, 1.165) is 48.7 Å². The minimum Gasteiger partial charge on any atom is -0.334 e. The third kappa shape index (κ3) is 6.86. The number of hydrogen-bond acceptors (Lipinski definition) is 1. The molecule has 1 amide bonds. The summed E-state index contributed by atoms with van der Waals surface area (Å²) in [4.78, 5) is 14.7. The Morgan fingerprint density at radius 1 is 0.838 bits per heavy atom. The van der Waals surface area contributed by atoms with Crippen LogP contribution in [-0.4, -0.2) is 17.4 Å². The molecule has 0 spiro atoms. The summed E-state index contributed by atoms with van der Waals surface area (Å²) < 4.78 is 79.4. The van der Waals surface area contributed by atoms with E-state index >= 15 is 0 Å². The van der Waals surface area contributed by atoms with Gasteiger partial charge in [0.05, 0.1) is 11.1 Å². The van der Waals surface area contributed by atoms with Crippen LogP contribution in [0.15, 0.2) is 66.7 Å². The third-order valence-electron chi connectivity index (χ3n) is 6.61. The van der Waals surface area contributed by atoms with Gasteiger partial charge in [0.1, 0.15) is 0 Å². The van der Waals surface area contributed by atoms with Crippen LogP contribution >= 0.6 is 11.6 Å². The second-order valence-electron chi connectivity index (χ2n) is 9.27. The molecule has 0 radical (unpaired) electrons. The van der Waals surface area contributed by atoms with Crippen LogP contribution in [-0.2, 0) is 25.3 Å². The first kappa shape index (κ1) is 27.0. The monoisotopic (exact) mass is 539 g/mol. The van der Waals surface area contributed by atoms with Gasteiger partial charge in [-0.25, -0.2) is 0 Å². The first-order valence-corrected chi connectivity index (χ1v) is 12.2. The van der Waals surface area contributed by atoms with Gasteiger partial charge in [0.15, 0.2) is 0 Å². The third-order valence-corrected chi connectivity index (χ3v) is 6.83. The van der Waals surface area contributed by atoms with Crippen molar-refractivity contribution < 1.29 is 31.1 Å². The van der Waals surface area contributed by atoms with E-state index in [0.29, 0.717) is 11.5 Å². The van der Waals surface area contributed by atoms with Crippen molar-refractivity contribution in [1.29, 1.82) is 0 Å². The molecule has 37 heavy (non-hydrogen) atoms. The number of carbonyl (C=O) groups is 1. The van der Waals surface area contributed by atoms with Gasteiger partial charge in [-0.2, -0.15) is 26.3 Å². The fourth-order valence-corrected chi connectivity index (χ4v) is 4.57. The molecule has 2 nitrogen and oxygen atoms in total. The van der Waals surface area contributed by atoms with E-state index < -0.39 is 29.4 Å². The van der Waals surface area contributed by atoms with Crippen LogP contribution in [0.25, 0.3) is 0 Å². The van der Waals surface area contributed by atoms with Crippen molar-refractivity contribution >= 4 is 17.5 Å². The van der Waals surface area contributed by atoms with Crippen molar-refractivity contribution in [2.75, 3.05) is 6.54 Å². The summed E-state index contributed by atoms with van der Waals surface area (Å²) in [6, 6.07) is 15.1. The molecule has 0 saturated heterocycles. The standard InChI is InChI=1S/C28H24ClF6NO/c29-25-15-22(14-24(16-25)28(33,34)35)26(37)36(12-11-18-3-1-6-23(13-18)27(30,31)32)17-19-7-9-21(10-8-19)20-4-2-5-20/h1,3,6-10,13-16,20H,2,4-5,11-12,17H2. The van der Waals surface area contributed by atoms with Gasteiger partial charge in [-0.15, -0.1) is 0 Å². The highest BCUT2D eigenvalue weighted by Crippen LogP contribution is 2.36. The largest absolute Gasteiger partial charge is 0.416 e. The summed E-state index contributed by atoms with van der Waals surface area (Å²) in [5, 5.41) is -0.235. The fourth-order valence-electron chi connectivity index (χ4n) is 4.34.